The highest BCUT2D eigenvalue weighted by Crippen LogP contribution is 2.59. The second-order valence-corrected chi connectivity index (χ2v) is 10.5. The molecule has 5 N–H and O–H groups in total. The number of amidine groups is 1. The molecule has 0 aliphatic carbocycles. The van der Waals surface area contributed by atoms with Crippen LogP contribution in [0.15, 0.2) is 35.6 Å². The van der Waals surface area contributed by atoms with Gasteiger partial charge in [0.1, 0.15) is 21.8 Å². The fourth-order valence-corrected chi connectivity index (χ4v) is 4.77. The molecule has 3 rings (SSSR count). The quantitative estimate of drug-likeness (QED) is 0.537. The van der Waals surface area contributed by atoms with Crippen LogP contribution in [0.4, 0.5) is 10.1 Å². The van der Waals surface area contributed by atoms with Gasteiger partial charge in [-0.15, -0.1) is 0 Å². The van der Waals surface area contributed by atoms with Crippen molar-refractivity contribution < 1.29 is 18.3 Å². The lowest BCUT2D eigenvalue weighted by molar-refractivity contribution is 0.102. The van der Waals surface area contributed by atoms with Crippen molar-refractivity contribution in [3.63, 3.8) is 0 Å². The third-order valence-electron chi connectivity index (χ3n) is 4.92. The molecule has 0 bridgehead atoms. The van der Waals surface area contributed by atoms with E-state index in [4.69, 9.17) is 17.3 Å². The SMILES string of the molecule is CC1(C)C(N)=N[C@](C)(c2cc(NC(=O)c3ccc(Cl)cn3)cnc2F)CS1(O)O. The largest absolute Gasteiger partial charge is 0.386 e. The van der Waals surface area contributed by atoms with Gasteiger partial charge in [0.25, 0.3) is 5.91 Å². The summed E-state index contributed by atoms with van der Waals surface area (Å²) >= 11 is 5.76. The van der Waals surface area contributed by atoms with Crippen molar-refractivity contribution in [2.75, 3.05) is 11.1 Å². The number of rotatable bonds is 3. The number of carbonyl (C=O) groups excluding carboxylic acids is 1. The van der Waals surface area contributed by atoms with Crippen LogP contribution in [0.5, 0.6) is 0 Å². The minimum Gasteiger partial charge on any atom is -0.386 e. The zero-order chi connectivity index (χ0) is 21.6. The molecule has 8 nitrogen and oxygen atoms in total. The maximum Gasteiger partial charge on any atom is 0.274 e. The van der Waals surface area contributed by atoms with Crippen LogP contribution in [0.25, 0.3) is 0 Å². The maximum absolute atomic E-state index is 14.6. The van der Waals surface area contributed by atoms with E-state index in [0.717, 1.165) is 6.20 Å². The summed E-state index contributed by atoms with van der Waals surface area (Å²) in [6.45, 7) is 4.69. The van der Waals surface area contributed by atoms with Crippen LogP contribution in [-0.4, -0.2) is 41.3 Å². The average Bonchev–Trinajstić information content (AvgIpc) is 2.62. The number of nitrogens with one attached hydrogen (secondary N) is 1. The molecule has 1 atom stereocenters. The Morgan fingerprint density at radius 3 is 2.55 bits per heavy atom. The van der Waals surface area contributed by atoms with Crippen LogP contribution in [0.2, 0.25) is 5.02 Å². The van der Waals surface area contributed by atoms with E-state index >= 15 is 0 Å². The molecule has 0 aromatic carbocycles. The minimum atomic E-state index is -3.23. The Labute approximate surface area is 173 Å². The Hall–Kier alpha value is -2.27. The molecule has 0 spiro atoms. The van der Waals surface area contributed by atoms with Gasteiger partial charge in [0.05, 0.1) is 22.7 Å². The smallest absolute Gasteiger partial charge is 0.274 e. The van der Waals surface area contributed by atoms with Gasteiger partial charge in [-0.25, -0.2) is 9.97 Å². The number of amides is 1. The predicted molar refractivity (Wildman–Crippen MR) is 112 cm³/mol. The van der Waals surface area contributed by atoms with E-state index < -0.39 is 32.7 Å². The fraction of sp³-hybridized carbons (Fsp3) is 0.333. The summed E-state index contributed by atoms with van der Waals surface area (Å²) in [5, 5.41) is 2.96. The van der Waals surface area contributed by atoms with Gasteiger partial charge in [-0.3, -0.25) is 18.9 Å². The molecule has 0 saturated carbocycles. The Morgan fingerprint density at radius 2 is 1.97 bits per heavy atom. The lowest BCUT2D eigenvalue weighted by Gasteiger charge is -2.53. The normalized spacial score (nSPS) is 23.8. The summed E-state index contributed by atoms with van der Waals surface area (Å²) < 4.78 is 34.6. The molecule has 1 aliphatic heterocycles. The summed E-state index contributed by atoms with van der Waals surface area (Å²) in [5.74, 6) is -1.61. The first-order chi connectivity index (χ1) is 13.4. The number of anilines is 1. The second-order valence-electron chi connectivity index (χ2n) is 7.47. The van der Waals surface area contributed by atoms with E-state index in [1.54, 1.807) is 13.8 Å². The van der Waals surface area contributed by atoms with Crippen molar-refractivity contribution in [1.82, 2.24) is 9.97 Å². The number of aliphatic imine (C=N–C) groups is 1. The van der Waals surface area contributed by atoms with Crippen molar-refractivity contribution in [3.8, 4) is 0 Å². The third kappa shape index (κ3) is 3.93. The number of pyridine rings is 2. The summed E-state index contributed by atoms with van der Waals surface area (Å²) in [5.41, 5.74) is 4.90. The summed E-state index contributed by atoms with van der Waals surface area (Å²) in [4.78, 5) is 24.3. The maximum atomic E-state index is 14.6. The van der Waals surface area contributed by atoms with E-state index in [-0.39, 0.29) is 28.5 Å². The van der Waals surface area contributed by atoms with Crippen molar-refractivity contribution in [3.05, 3.63) is 52.8 Å². The fourth-order valence-electron chi connectivity index (χ4n) is 2.91. The number of hydrogen-bond acceptors (Lipinski definition) is 7. The second kappa shape index (κ2) is 7.21. The minimum absolute atomic E-state index is 0.00505. The highest BCUT2D eigenvalue weighted by molar-refractivity contribution is 8.26. The number of carbonyl (C=O) groups is 1. The number of halogens is 2. The number of nitrogens with two attached hydrogens (primary N) is 1. The Bertz CT molecular complexity index is 999. The van der Waals surface area contributed by atoms with Gasteiger partial charge in [0.15, 0.2) is 0 Å². The Balaban J connectivity index is 1.96. The van der Waals surface area contributed by atoms with Crippen molar-refractivity contribution >= 4 is 39.6 Å². The summed E-state index contributed by atoms with van der Waals surface area (Å²) in [7, 11) is -3.23. The molecule has 11 heteroatoms. The third-order valence-corrected chi connectivity index (χ3v) is 7.95. The zero-order valence-electron chi connectivity index (χ0n) is 16.0. The van der Waals surface area contributed by atoms with Crippen molar-refractivity contribution in [2.24, 2.45) is 10.7 Å². The van der Waals surface area contributed by atoms with E-state index in [9.17, 15) is 18.3 Å². The van der Waals surface area contributed by atoms with Gasteiger partial charge in [0.2, 0.25) is 5.95 Å². The molecule has 1 amide bonds. The number of nitrogens with zero attached hydrogens (tertiary/aromatic N) is 3. The Kier molecular flexibility index (Phi) is 5.33. The van der Waals surface area contributed by atoms with Gasteiger partial charge in [0, 0.05) is 11.8 Å². The standard InChI is InChI=1S/C18H21ClFN5O3S/c1-17(2)16(21)25-18(3,9-29(17,27)28)12-6-11(8-23-14(12)20)24-15(26)13-5-4-10(19)7-22-13/h4-8,27-28H,9H2,1-3H3,(H2,21,25)(H,24,26)/t18-/m0/s1. The number of hydrogen-bond donors (Lipinski definition) is 4. The van der Waals surface area contributed by atoms with Gasteiger partial charge in [-0.1, -0.05) is 11.6 Å². The van der Waals surface area contributed by atoms with Crippen LogP contribution < -0.4 is 11.1 Å². The molecule has 2 aromatic rings. The van der Waals surface area contributed by atoms with E-state index in [1.165, 1.54) is 31.3 Å². The topological polar surface area (TPSA) is 134 Å². The van der Waals surface area contributed by atoms with Gasteiger partial charge < -0.3 is 11.1 Å². The molecule has 0 unspecified atom stereocenters. The molecule has 29 heavy (non-hydrogen) atoms. The van der Waals surface area contributed by atoms with Gasteiger partial charge in [-0.05, 0) is 39.0 Å². The molecule has 0 saturated heterocycles. The van der Waals surface area contributed by atoms with Crippen LogP contribution in [0.1, 0.15) is 36.8 Å². The summed E-state index contributed by atoms with van der Waals surface area (Å²) in [6.07, 6.45) is 2.48. The molecule has 156 valence electrons. The predicted octanol–water partition coefficient (Wildman–Crippen LogP) is 3.64. The van der Waals surface area contributed by atoms with E-state index in [0.29, 0.717) is 5.02 Å². The first-order valence-corrected chi connectivity index (χ1v) is 10.7. The molecule has 3 heterocycles. The molecular formula is C18H21ClFN5O3S. The van der Waals surface area contributed by atoms with E-state index in [2.05, 4.69) is 20.3 Å². The van der Waals surface area contributed by atoms with Gasteiger partial charge >= 0.3 is 0 Å². The first-order valence-electron chi connectivity index (χ1n) is 8.56. The van der Waals surface area contributed by atoms with E-state index in [1.807, 2.05) is 0 Å². The molecule has 0 fully saturated rings. The van der Waals surface area contributed by atoms with Crippen LogP contribution in [0.3, 0.4) is 0 Å². The molecule has 1 aliphatic rings. The monoisotopic (exact) mass is 441 g/mol. The van der Waals surface area contributed by atoms with Crippen LogP contribution >= 0.6 is 22.2 Å². The highest BCUT2D eigenvalue weighted by atomic mass is 35.5. The van der Waals surface area contributed by atoms with Gasteiger partial charge in [-0.2, -0.15) is 15.0 Å². The zero-order valence-corrected chi connectivity index (χ0v) is 17.6. The molecule has 2 aromatic heterocycles. The molecule has 0 radical (unpaired) electrons. The van der Waals surface area contributed by atoms with Crippen molar-refractivity contribution in [2.45, 2.75) is 31.1 Å². The first kappa shape index (κ1) is 21.4. The highest BCUT2D eigenvalue weighted by Gasteiger charge is 2.49. The lowest BCUT2D eigenvalue weighted by atomic mass is 9.94. The lowest BCUT2D eigenvalue weighted by Crippen LogP contribution is -2.52. The van der Waals surface area contributed by atoms with Crippen LogP contribution in [-0.2, 0) is 5.54 Å². The summed E-state index contributed by atoms with van der Waals surface area (Å²) in [6, 6.07) is 4.31. The average molecular weight is 442 g/mol. The number of aromatic nitrogens is 2. The molecular weight excluding hydrogens is 421 g/mol. The van der Waals surface area contributed by atoms with Crippen molar-refractivity contribution in [1.29, 1.82) is 0 Å². The Morgan fingerprint density at radius 1 is 1.28 bits per heavy atom. The van der Waals surface area contributed by atoms with Crippen LogP contribution in [0, 0.1) is 5.95 Å².